The zero-order valence-corrected chi connectivity index (χ0v) is 16.5. The maximum atomic E-state index is 11.6. The summed E-state index contributed by atoms with van der Waals surface area (Å²) in [6.45, 7) is 3.27. The van der Waals surface area contributed by atoms with Gasteiger partial charge in [-0.05, 0) is 104 Å². The highest BCUT2D eigenvalue weighted by atomic mass is 16.5. The van der Waals surface area contributed by atoms with Gasteiger partial charge in [-0.3, -0.25) is 0 Å². The van der Waals surface area contributed by atoms with Crippen molar-refractivity contribution in [3.8, 4) is 0 Å². The average Bonchev–Trinajstić information content (AvgIpc) is 3.23. The van der Waals surface area contributed by atoms with Gasteiger partial charge in [-0.2, -0.15) is 0 Å². The molecule has 4 aliphatic carbocycles. The van der Waals surface area contributed by atoms with E-state index in [0.717, 1.165) is 19.3 Å². The van der Waals surface area contributed by atoms with Crippen molar-refractivity contribution in [2.75, 3.05) is 13.2 Å². The lowest BCUT2D eigenvalue weighted by Crippen LogP contribution is -2.56. The summed E-state index contributed by atoms with van der Waals surface area (Å²) >= 11 is 0. The standard InChI is InChI=1S/C23H34O4/c1-22-8-7-20-17(3-2-15-11-16(25)6-9-23(15,20)13-24)19(22)5-4-18(22)14-10-21(26)27-12-14/h10,15-20,24-25H,2-9,11-13H2,1H3/t15?,16?,17?,18?,19?,20?,22-,23-/m1/s1. The molecule has 4 saturated carbocycles. The number of carbonyl (C=O) groups excluding carboxylic acids is 1. The highest BCUT2D eigenvalue weighted by molar-refractivity contribution is 5.85. The Kier molecular flexibility index (Phi) is 4.25. The molecule has 0 aromatic heterocycles. The first kappa shape index (κ1) is 18.2. The van der Waals surface area contributed by atoms with Crippen LogP contribution < -0.4 is 0 Å². The third kappa shape index (κ3) is 2.51. The average molecular weight is 375 g/mol. The summed E-state index contributed by atoms with van der Waals surface area (Å²) in [4.78, 5) is 11.6. The zero-order chi connectivity index (χ0) is 18.8. The van der Waals surface area contributed by atoms with Crippen LogP contribution in [0.1, 0.15) is 64.7 Å². The molecule has 1 aliphatic heterocycles. The van der Waals surface area contributed by atoms with Crippen LogP contribution in [-0.4, -0.2) is 35.5 Å². The minimum atomic E-state index is -0.164. The maximum absolute atomic E-state index is 11.6. The van der Waals surface area contributed by atoms with Gasteiger partial charge in [0.1, 0.15) is 6.61 Å². The fourth-order valence-electron chi connectivity index (χ4n) is 8.54. The van der Waals surface area contributed by atoms with E-state index in [9.17, 15) is 15.0 Å². The van der Waals surface area contributed by atoms with Gasteiger partial charge in [0.15, 0.2) is 0 Å². The topological polar surface area (TPSA) is 66.8 Å². The molecule has 27 heavy (non-hydrogen) atoms. The van der Waals surface area contributed by atoms with Gasteiger partial charge >= 0.3 is 5.97 Å². The Morgan fingerprint density at radius 3 is 2.70 bits per heavy atom. The van der Waals surface area contributed by atoms with Crippen molar-refractivity contribution < 1.29 is 19.7 Å². The van der Waals surface area contributed by atoms with Crippen molar-refractivity contribution in [2.24, 2.45) is 40.4 Å². The molecule has 5 rings (SSSR count). The van der Waals surface area contributed by atoms with Gasteiger partial charge < -0.3 is 14.9 Å². The van der Waals surface area contributed by atoms with Crippen LogP contribution in [0.3, 0.4) is 0 Å². The molecule has 4 nitrogen and oxygen atoms in total. The van der Waals surface area contributed by atoms with Crippen LogP contribution in [0, 0.1) is 40.4 Å². The number of hydrogen-bond donors (Lipinski definition) is 2. The van der Waals surface area contributed by atoms with Gasteiger partial charge in [-0.15, -0.1) is 0 Å². The van der Waals surface area contributed by atoms with E-state index in [2.05, 4.69) is 6.92 Å². The molecule has 4 heteroatoms. The molecule has 0 radical (unpaired) electrons. The van der Waals surface area contributed by atoms with Crippen LogP contribution in [0.25, 0.3) is 0 Å². The van der Waals surface area contributed by atoms with Gasteiger partial charge in [0, 0.05) is 12.7 Å². The van der Waals surface area contributed by atoms with Crippen molar-refractivity contribution in [3.05, 3.63) is 11.6 Å². The van der Waals surface area contributed by atoms with Gasteiger partial charge in [-0.25, -0.2) is 4.79 Å². The third-order valence-electron chi connectivity index (χ3n) is 9.76. The molecule has 2 N–H and O–H groups in total. The third-order valence-corrected chi connectivity index (χ3v) is 9.76. The van der Waals surface area contributed by atoms with E-state index in [1.807, 2.05) is 0 Å². The number of ether oxygens (including phenoxy) is 1. The fraction of sp³-hybridized carbons (Fsp3) is 0.870. The Morgan fingerprint density at radius 1 is 1.11 bits per heavy atom. The molecule has 0 spiro atoms. The van der Waals surface area contributed by atoms with Crippen LogP contribution >= 0.6 is 0 Å². The minimum absolute atomic E-state index is 0.0489. The lowest BCUT2D eigenvalue weighted by Gasteiger charge is -2.61. The Bertz CT molecular complexity index is 657. The number of aliphatic hydroxyl groups excluding tert-OH is 2. The SMILES string of the molecule is C[C@]12CCC3C(CCC4CC(O)CC[C@@]43CO)C1CCC2C1=CC(=O)OC1. The predicted molar refractivity (Wildman–Crippen MR) is 102 cm³/mol. The van der Waals surface area contributed by atoms with Crippen LogP contribution in [0.2, 0.25) is 0 Å². The fourth-order valence-corrected chi connectivity index (χ4v) is 8.54. The molecule has 4 fully saturated rings. The lowest BCUT2D eigenvalue weighted by molar-refractivity contribution is -0.152. The zero-order valence-electron chi connectivity index (χ0n) is 16.5. The second kappa shape index (κ2) is 6.32. The number of cyclic esters (lactones) is 1. The molecule has 0 aromatic carbocycles. The summed E-state index contributed by atoms with van der Waals surface area (Å²) in [7, 11) is 0. The van der Waals surface area contributed by atoms with Crippen molar-refractivity contribution >= 4 is 5.97 Å². The monoisotopic (exact) mass is 374 g/mol. The highest BCUT2D eigenvalue weighted by Crippen LogP contribution is 2.68. The second-order valence-corrected chi connectivity index (χ2v) is 10.5. The molecule has 0 aromatic rings. The van der Waals surface area contributed by atoms with Crippen LogP contribution in [0.5, 0.6) is 0 Å². The summed E-state index contributed by atoms with van der Waals surface area (Å²) in [6.07, 6.45) is 11.6. The Hall–Kier alpha value is -0.870. The largest absolute Gasteiger partial charge is 0.458 e. The smallest absolute Gasteiger partial charge is 0.331 e. The molecule has 150 valence electrons. The first-order valence-electron chi connectivity index (χ1n) is 11.1. The molecule has 1 heterocycles. The molecule has 0 saturated heterocycles. The summed E-state index contributed by atoms with van der Waals surface area (Å²) in [5.41, 5.74) is 1.56. The van der Waals surface area contributed by atoms with E-state index >= 15 is 0 Å². The van der Waals surface area contributed by atoms with Crippen LogP contribution in [0.15, 0.2) is 11.6 Å². The normalized spacial score (nSPS) is 51.8. The second-order valence-electron chi connectivity index (χ2n) is 10.5. The summed E-state index contributed by atoms with van der Waals surface area (Å²) in [5, 5.41) is 20.7. The van der Waals surface area contributed by atoms with E-state index in [-0.39, 0.29) is 22.9 Å². The molecule has 0 amide bonds. The van der Waals surface area contributed by atoms with Gasteiger partial charge in [0.2, 0.25) is 0 Å². The van der Waals surface area contributed by atoms with Crippen molar-refractivity contribution in [1.82, 2.24) is 0 Å². The molecular formula is C23H34O4. The maximum Gasteiger partial charge on any atom is 0.331 e. The number of hydrogen-bond acceptors (Lipinski definition) is 4. The number of aliphatic hydroxyl groups is 2. The number of rotatable bonds is 2. The van der Waals surface area contributed by atoms with E-state index in [1.54, 1.807) is 6.08 Å². The minimum Gasteiger partial charge on any atom is -0.458 e. The van der Waals surface area contributed by atoms with Crippen molar-refractivity contribution in [2.45, 2.75) is 70.8 Å². The van der Waals surface area contributed by atoms with E-state index < -0.39 is 0 Å². The Balaban J connectivity index is 1.43. The van der Waals surface area contributed by atoms with Gasteiger partial charge in [0.25, 0.3) is 0 Å². The summed E-state index contributed by atoms with van der Waals surface area (Å²) in [5.74, 6) is 2.84. The van der Waals surface area contributed by atoms with Crippen LogP contribution in [0.4, 0.5) is 0 Å². The van der Waals surface area contributed by atoms with Crippen molar-refractivity contribution in [3.63, 3.8) is 0 Å². The molecular weight excluding hydrogens is 340 g/mol. The molecule has 5 aliphatic rings. The molecule has 0 bridgehead atoms. The Labute approximate surface area is 162 Å². The quantitative estimate of drug-likeness (QED) is 0.727. The first-order chi connectivity index (χ1) is 13.0. The number of carbonyl (C=O) groups is 1. The number of fused-ring (bicyclic) bond motifs is 5. The van der Waals surface area contributed by atoms with Crippen molar-refractivity contribution in [1.29, 1.82) is 0 Å². The Morgan fingerprint density at radius 2 is 1.96 bits per heavy atom. The summed E-state index contributed by atoms with van der Waals surface area (Å²) in [6, 6.07) is 0. The molecule has 8 atom stereocenters. The molecule has 6 unspecified atom stereocenters. The number of esters is 1. The van der Waals surface area contributed by atoms with Gasteiger partial charge in [0.05, 0.1) is 6.10 Å². The predicted octanol–water partition coefficient (Wildman–Crippen LogP) is 3.46. The van der Waals surface area contributed by atoms with E-state index in [4.69, 9.17) is 4.74 Å². The van der Waals surface area contributed by atoms with Gasteiger partial charge in [-0.1, -0.05) is 6.92 Å². The first-order valence-corrected chi connectivity index (χ1v) is 11.1. The van der Waals surface area contributed by atoms with E-state index in [1.165, 1.54) is 44.1 Å². The summed E-state index contributed by atoms with van der Waals surface area (Å²) < 4.78 is 5.24. The highest BCUT2D eigenvalue weighted by Gasteiger charge is 2.61. The lowest BCUT2D eigenvalue weighted by atomic mass is 9.44. The van der Waals surface area contributed by atoms with Crippen LogP contribution in [-0.2, 0) is 9.53 Å². The van der Waals surface area contributed by atoms with E-state index in [0.29, 0.717) is 42.8 Å².